The number of aromatic nitrogens is 1. The second-order valence-corrected chi connectivity index (χ2v) is 8.50. The van der Waals surface area contributed by atoms with Crippen molar-refractivity contribution in [2.45, 2.75) is 31.7 Å². The number of rotatable bonds is 5. The summed E-state index contributed by atoms with van der Waals surface area (Å²) in [6.07, 6.45) is 1.63. The molecule has 0 unspecified atom stereocenters. The Labute approximate surface area is 143 Å². The van der Waals surface area contributed by atoms with Crippen molar-refractivity contribution in [2.24, 2.45) is 0 Å². The Hall–Kier alpha value is -1.48. The fourth-order valence-electron chi connectivity index (χ4n) is 1.80. The zero-order chi connectivity index (χ0) is 17.2. The van der Waals surface area contributed by atoms with Crippen LogP contribution >= 0.6 is 22.9 Å². The number of sulfonamides is 1. The summed E-state index contributed by atoms with van der Waals surface area (Å²) in [5.41, 5.74) is 0.0751. The van der Waals surface area contributed by atoms with Gasteiger partial charge >= 0.3 is 0 Å². The van der Waals surface area contributed by atoms with E-state index in [2.05, 4.69) is 15.0 Å². The van der Waals surface area contributed by atoms with Crippen LogP contribution in [0.1, 0.15) is 29.1 Å². The number of amides is 1. The van der Waals surface area contributed by atoms with E-state index < -0.39 is 15.9 Å². The largest absolute Gasteiger partial charge is 0.298 e. The van der Waals surface area contributed by atoms with E-state index >= 15 is 0 Å². The summed E-state index contributed by atoms with van der Waals surface area (Å²) in [7, 11) is -3.70. The van der Waals surface area contributed by atoms with Gasteiger partial charge in [0.2, 0.25) is 10.0 Å². The first-order valence-corrected chi connectivity index (χ1v) is 9.42. The van der Waals surface area contributed by atoms with Gasteiger partial charge in [-0.1, -0.05) is 11.6 Å². The predicted molar refractivity (Wildman–Crippen MR) is 91.7 cm³/mol. The Morgan fingerprint density at radius 2 is 2.04 bits per heavy atom. The minimum absolute atomic E-state index is 0.0175. The predicted octanol–water partition coefficient (Wildman–Crippen LogP) is 3.04. The van der Waals surface area contributed by atoms with Crippen LogP contribution in [0.3, 0.4) is 0 Å². The van der Waals surface area contributed by atoms with E-state index in [4.69, 9.17) is 11.6 Å². The number of thiazole rings is 1. The monoisotopic (exact) mass is 373 g/mol. The maximum absolute atomic E-state index is 12.3. The van der Waals surface area contributed by atoms with Gasteiger partial charge in [-0.05, 0) is 39.0 Å². The maximum atomic E-state index is 12.3. The van der Waals surface area contributed by atoms with Gasteiger partial charge in [0.15, 0.2) is 5.13 Å². The van der Waals surface area contributed by atoms with Crippen molar-refractivity contribution < 1.29 is 13.2 Å². The van der Waals surface area contributed by atoms with Crippen LogP contribution in [0.2, 0.25) is 5.02 Å². The van der Waals surface area contributed by atoms with Crippen LogP contribution < -0.4 is 10.0 Å². The lowest BCUT2D eigenvalue weighted by Crippen LogP contribution is -2.30. The van der Waals surface area contributed by atoms with E-state index in [1.54, 1.807) is 20.0 Å². The Morgan fingerprint density at radius 3 is 2.61 bits per heavy atom. The number of benzene rings is 1. The lowest BCUT2D eigenvalue weighted by molar-refractivity contribution is 0.102. The molecule has 2 aromatic rings. The number of nitrogens with zero attached hydrogens (tertiary/aromatic N) is 1. The highest BCUT2D eigenvalue weighted by atomic mass is 35.5. The standard InChI is InChI=1S/C14H16ClN3O3S2/c1-8(2)18-23(20,21)10-4-5-12(15)11(6-10)13(19)17-14-16-7-9(3)22-14/h4-8,18H,1-3H3,(H,16,17,19). The highest BCUT2D eigenvalue weighted by Crippen LogP contribution is 2.23. The summed E-state index contributed by atoms with van der Waals surface area (Å²) in [6, 6.07) is 3.74. The van der Waals surface area contributed by atoms with Gasteiger partial charge in [0.1, 0.15) is 0 Å². The summed E-state index contributed by atoms with van der Waals surface area (Å²) in [5, 5.41) is 3.20. The molecule has 0 radical (unpaired) electrons. The molecule has 0 spiro atoms. The van der Waals surface area contributed by atoms with Crippen LogP contribution in [0.15, 0.2) is 29.3 Å². The molecule has 0 atom stereocenters. The first-order valence-electron chi connectivity index (χ1n) is 6.74. The normalized spacial score (nSPS) is 11.7. The second kappa shape index (κ2) is 6.96. The van der Waals surface area contributed by atoms with Crippen LogP contribution in [-0.2, 0) is 10.0 Å². The molecule has 1 aromatic heterocycles. The molecule has 0 aliphatic heterocycles. The molecule has 0 aliphatic rings. The molecule has 1 aromatic carbocycles. The van der Waals surface area contributed by atoms with Crippen molar-refractivity contribution >= 4 is 44.0 Å². The minimum atomic E-state index is -3.70. The molecular formula is C14H16ClN3O3S2. The van der Waals surface area contributed by atoms with Gasteiger partial charge in [0.25, 0.3) is 5.91 Å². The van der Waals surface area contributed by atoms with Gasteiger partial charge in [-0.2, -0.15) is 0 Å². The summed E-state index contributed by atoms with van der Waals surface area (Å²) < 4.78 is 26.8. The highest BCUT2D eigenvalue weighted by molar-refractivity contribution is 7.89. The molecule has 6 nitrogen and oxygen atoms in total. The molecule has 124 valence electrons. The van der Waals surface area contributed by atoms with E-state index in [0.29, 0.717) is 5.13 Å². The van der Waals surface area contributed by atoms with Gasteiger partial charge in [0, 0.05) is 17.1 Å². The molecule has 9 heteroatoms. The van der Waals surface area contributed by atoms with E-state index in [9.17, 15) is 13.2 Å². The molecule has 23 heavy (non-hydrogen) atoms. The molecule has 1 heterocycles. The van der Waals surface area contributed by atoms with Crippen LogP contribution in [0.25, 0.3) is 0 Å². The van der Waals surface area contributed by atoms with Crippen molar-refractivity contribution in [1.29, 1.82) is 0 Å². The number of nitrogens with one attached hydrogen (secondary N) is 2. The summed E-state index contributed by atoms with van der Waals surface area (Å²) in [6.45, 7) is 5.29. The second-order valence-electron chi connectivity index (χ2n) is 5.15. The first-order chi connectivity index (χ1) is 10.7. The number of hydrogen-bond donors (Lipinski definition) is 2. The van der Waals surface area contributed by atoms with Crippen molar-refractivity contribution in [3.63, 3.8) is 0 Å². The number of anilines is 1. The van der Waals surface area contributed by atoms with Crippen molar-refractivity contribution in [2.75, 3.05) is 5.32 Å². The van der Waals surface area contributed by atoms with Gasteiger partial charge < -0.3 is 0 Å². The SMILES string of the molecule is Cc1cnc(NC(=O)c2cc(S(=O)(=O)NC(C)C)ccc2Cl)s1. The Morgan fingerprint density at radius 1 is 1.35 bits per heavy atom. The van der Waals surface area contributed by atoms with Crippen LogP contribution in [-0.4, -0.2) is 25.4 Å². The van der Waals surface area contributed by atoms with Crippen molar-refractivity contribution in [3.05, 3.63) is 39.9 Å². The number of carbonyl (C=O) groups excluding carboxylic acids is 1. The highest BCUT2D eigenvalue weighted by Gasteiger charge is 2.20. The van der Waals surface area contributed by atoms with Gasteiger partial charge in [-0.15, -0.1) is 11.3 Å². The van der Waals surface area contributed by atoms with Crippen molar-refractivity contribution in [3.8, 4) is 0 Å². The van der Waals surface area contributed by atoms with E-state index in [1.807, 2.05) is 6.92 Å². The number of halogens is 1. The smallest absolute Gasteiger partial charge is 0.259 e. The minimum Gasteiger partial charge on any atom is -0.298 e. The van der Waals surface area contributed by atoms with E-state index in [1.165, 1.54) is 29.5 Å². The molecule has 2 N–H and O–H groups in total. The van der Waals surface area contributed by atoms with Crippen LogP contribution in [0.5, 0.6) is 0 Å². The maximum Gasteiger partial charge on any atom is 0.259 e. The summed E-state index contributed by atoms with van der Waals surface area (Å²) in [4.78, 5) is 17.3. The van der Waals surface area contributed by atoms with E-state index in [0.717, 1.165) is 4.88 Å². The average Bonchev–Trinajstić information content (AvgIpc) is 2.82. The summed E-state index contributed by atoms with van der Waals surface area (Å²) >= 11 is 7.34. The zero-order valence-corrected chi connectivity index (χ0v) is 15.1. The topological polar surface area (TPSA) is 88.2 Å². The van der Waals surface area contributed by atoms with Crippen LogP contribution in [0, 0.1) is 6.92 Å². The fraction of sp³-hybridized carbons (Fsp3) is 0.286. The van der Waals surface area contributed by atoms with Gasteiger partial charge in [-0.25, -0.2) is 18.1 Å². The molecule has 1 amide bonds. The number of aryl methyl sites for hydroxylation is 1. The quantitative estimate of drug-likeness (QED) is 0.843. The molecule has 2 rings (SSSR count). The zero-order valence-electron chi connectivity index (χ0n) is 12.8. The Bertz CT molecular complexity index is 832. The third-order valence-electron chi connectivity index (χ3n) is 2.73. The third kappa shape index (κ3) is 4.51. The fourth-order valence-corrected chi connectivity index (χ4v) is 3.94. The molecule has 0 aliphatic carbocycles. The molecule has 0 bridgehead atoms. The van der Waals surface area contributed by atoms with E-state index in [-0.39, 0.29) is 21.5 Å². The Balaban J connectivity index is 2.32. The summed E-state index contributed by atoms with van der Waals surface area (Å²) in [5.74, 6) is -0.508. The number of carbonyl (C=O) groups is 1. The molecule has 0 saturated heterocycles. The number of hydrogen-bond acceptors (Lipinski definition) is 5. The van der Waals surface area contributed by atoms with Crippen LogP contribution in [0.4, 0.5) is 5.13 Å². The first kappa shape index (κ1) is 17.9. The van der Waals surface area contributed by atoms with Crippen molar-refractivity contribution in [1.82, 2.24) is 9.71 Å². The lowest BCUT2D eigenvalue weighted by atomic mass is 10.2. The van der Waals surface area contributed by atoms with Gasteiger partial charge in [0.05, 0.1) is 15.5 Å². The van der Waals surface area contributed by atoms with Gasteiger partial charge in [-0.3, -0.25) is 10.1 Å². The molecule has 0 fully saturated rings. The average molecular weight is 374 g/mol. The molecule has 0 saturated carbocycles. The Kier molecular flexibility index (Phi) is 5.41. The lowest BCUT2D eigenvalue weighted by Gasteiger charge is -2.11. The third-order valence-corrected chi connectivity index (χ3v) is 5.54. The molecular weight excluding hydrogens is 358 g/mol.